The summed E-state index contributed by atoms with van der Waals surface area (Å²) < 4.78 is 5.66. The number of carboxylic acids is 1. The van der Waals surface area contributed by atoms with Crippen LogP contribution < -0.4 is 10.1 Å². The number of carbonyl (C=O) groups excluding carboxylic acids is 1. The number of rotatable bonds is 10. The quantitative estimate of drug-likeness (QED) is 0.679. The molecule has 25 heavy (non-hydrogen) atoms. The molecule has 6 heteroatoms. The molecule has 2 N–H and O–H groups in total. The van der Waals surface area contributed by atoms with Crippen molar-refractivity contribution in [3.63, 3.8) is 0 Å². The lowest BCUT2D eigenvalue weighted by molar-refractivity contribution is -0.143. The third-order valence-electron chi connectivity index (χ3n) is 4.53. The molecule has 2 rings (SSSR count). The van der Waals surface area contributed by atoms with Crippen molar-refractivity contribution < 1.29 is 19.4 Å². The zero-order chi connectivity index (χ0) is 18.4. The first-order valence-corrected chi connectivity index (χ1v) is 8.97. The summed E-state index contributed by atoms with van der Waals surface area (Å²) in [6.45, 7) is 6.23. The number of hydrogen-bond donors (Lipinski definition) is 2. The first-order valence-electron chi connectivity index (χ1n) is 8.97. The molecule has 0 heterocycles. The molecular weight excluding hydrogens is 320 g/mol. The van der Waals surface area contributed by atoms with Gasteiger partial charge >= 0.3 is 5.97 Å². The predicted molar refractivity (Wildman–Crippen MR) is 95.6 cm³/mol. The second-order valence-electron chi connectivity index (χ2n) is 6.42. The van der Waals surface area contributed by atoms with Crippen LogP contribution in [0.25, 0.3) is 0 Å². The maximum atomic E-state index is 12.5. The van der Waals surface area contributed by atoms with E-state index in [1.807, 2.05) is 38.1 Å². The van der Waals surface area contributed by atoms with Gasteiger partial charge in [0.25, 0.3) is 0 Å². The van der Waals surface area contributed by atoms with Crippen molar-refractivity contribution in [2.24, 2.45) is 0 Å². The summed E-state index contributed by atoms with van der Waals surface area (Å²) in [6.07, 6.45) is 2.64. The second kappa shape index (κ2) is 8.85. The second-order valence-corrected chi connectivity index (χ2v) is 6.42. The van der Waals surface area contributed by atoms with Gasteiger partial charge < -0.3 is 15.2 Å². The SMILES string of the molecule is CCOc1ccccc1C(CC)NC(=O)CN(C1CC1)C(C)C(=O)O. The van der Waals surface area contributed by atoms with Crippen molar-refractivity contribution in [2.75, 3.05) is 13.2 Å². The fourth-order valence-electron chi connectivity index (χ4n) is 2.99. The van der Waals surface area contributed by atoms with Gasteiger partial charge in [0.15, 0.2) is 0 Å². The van der Waals surface area contributed by atoms with Gasteiger partial charge in [-0.25, -0.2) is 0 Å². The molecule has 0 saturated heterocycles. The minimum Gasteiger partial charge on any atom is -0.494 e. The molecule has 0 spiro atoms. The Balaban J connectivity index is 2.05. The Bertz CT molecular complexity index is 601. The number of benzene rings is 1. The summed E-state index contributed by atoms with van der Waals surface area (Å²) in [5.74, 6) is -0.276. The highest BCUT2D eigenvalue weighted by molar-refractivity contribution is 5.80. The number of amides is 1. The van der Waals surface area contributed by atoms with E-state index in [0.717, 1.165) is 30.6 Å². The predicted octanol–water partition coefficient (Wildman–Crippen LogP) is 2.59. The summed E-state index contributed by atoms with van der Waals surface area (Å²) in [4.78, 5) is 25.6. The molecule has 6 nitrogen and oxygen atoms in total. The van der Waals surface area contributed by atoms with E-state index in [2.05, 4.69) is 5.32 Å². The fourth-order valence-corrected chi connectivity index (χ4v) is 2.99. The van der Waals surface area contributed by atoms with Gasteiger partial charge in [0.05, 0.1) is 19.2 Å². The summed E-state index contributed by atoms with van der Waals surface area (Å²) in [5, 5.41) is 12.3. The number of carboxylic acid groups (broad SMARTS) is 1. The topological polar surface area (TPSA) is 78.9 Å². The van der Waals surface area contributed by atoms with Crippen molar-refractivity contribution in [2.45, 2.75) is 58.2 Å². The molecule has 1 amide bonds. The van der Waals surface area contributed by atoms with Crippen LogP contribution in [0.5, 0.6) is 5.75 Å². The minimum atomic E-state index is -0.895. The van der Waals surface area contributed by atoms with E-state index < -0.39 is 12.0 Å². The molecule has 1 fully saturated rings. The molecule has 1 aliphatic rings. The molecule has 0 aromatic heterocycles. The number of carbonyl (C=O) groups is 2. The van der Waals surface area contributed by atoms with Crippen molar-refractivity contribution >= 4 is 11.9 Å². The van der Waals surface area contributed by atoms with Gasteiger partial charge in [-0.15, -0.1) is 0 Å². The van der Waals surface area contributed by atoms with Crippen LogP contribution in [-0.2, 0) is 9.59 Å². The highest BCUT2D eigenvalue weighted by atomic mass is 16.5. The molecule has 2 unspecified atom stereocenters. The number of hydrogen-bond acceptors (Lipinski definition) is 4. The van der Waals surface area contributed by atoms with Crippen LogP contribution in [0.3, 0.4) is 0 Å². The van der Waals surface area contributed by atoms with Crippen molar-refractivity contribution in [1.29, 1.82) is 0 Å². The summed E-state index contributed by atoms with van der Waals surface area (Å²) in [5.41, 5.74) is 0.949. The molecule has 1 aromatic rings. The van der Waals surface area contributed by atoms with E-state index >= 15 is 0 Å². The number of nitrogens with zero attached hydrogens (tertiary/aromatic N) is 1. The number of nitrogens with one attached hydrogen (secondary N) is 1. The Morgan fingerprint density at radius 1 is 1.32 bits per heavy atom. The number of aliphatic carboxylic acids is 1. The third kappa shape index (κ3) is 5.19. The largest absolute Gasteiger partial charge is 0.494 e. The zero-order valence-electron chi connectivity index (χ0n) is 15.2. The fraction of sp³-hybridized carbons (Fsp3) is 0.579. The van der Waals surface area contributed by atoms with Crippen molar-refractivity contribution in [1.82, 2.24) is 10.2 Å². The van der Waals surface area contributed by atoms with Gasteiger partial charge in [-0.05, 0) is 39.2 Å². The Kier molecular flexibility index (Phi) is 6.82. The summed E-state index contributed by atoms with van der Waals surface area (Å²) in [7, 11) is 0. The van der Waals surface area contributed by atoms with Crippen LogP contribution in [-0.4, -0.2) is 47.1 Å². The van der Waals surface area contributed by atoms with Crippen LogP contribution >= 0.6 is 0 Å². The number of ether oxygens (including phenoxy) is 1. The van der Waals surface area contributed by atoms with Crippen LogP contribution in [0.15, 0.2) is 24.3 Å². The summed E-state index contributed by atoms with van der Waals surface area (Å²) in [6, 6.07) is 7.08. The molecule has 2 atom stereocenters. The lowest BCUT2D eigenvalue weighted by Crippen LogP contribution is -2.46. The average molecular weight is 348 g/mol. The van der Waals surface area contributed by atoms with Gasteiger partial charge in [-0.3, -0.25) is 14.5 Å². The summed E-state index contributed by atoms with van der Waals surface area (Å²) >= 11 is 0. The highest BCUT2D eigenvalue weighted by Gasteiger charge is 2.36. The van der Waals surface area contributed by atoms with E-state index in [4.69, 9.17) is 4.74 Å². The lowest BCUT2D eigenvalue weighted by Gasteiger charge is -2.27. The number of para-hydroxylation sites is 1. The molecule has 0 radical (unpaired) electrons. The minimum absolute atomic E-state index is 0.103. The normalized spacial score (nSPS) is 16.3. The van der Waals surface area contributed by atoms with Crippen LogP contribution in [0.1, 0.15) is 51.6 Å². The van der Waals surface area contributed by atoms with Gasteiger partial charge in [0.1, 0.15) is 11.8 Å². The zero-order valence-corrected chi connectivity index (χ0v) is 15.2. The van der Waals surface area contributed by atoms with E-state index in [-0.39, 0.29) is 24.5 Å². The Morgan fingerprint density at radius 3 is 2.56 bits per heavy atom. The van der Waals surface area contributed by atoms with Crippen LogP contribution in [0.4, 0.5) is 0 Å². The van der Waals surface area contributed by atoms with Crippen molar-refractivity contribution in [3.8, 4) is 5.75 Å². The Labute approximate surface area is 149 Å². The van der Waals surface area contributed by atoms with E-state index in [1.165, 1.54) is 0 Å². The lowest BCUT2D eigenvalue weighted by atomic mass is 10.0. The Hall–Kier alpha value is -2.08. The van der Waals surface area contributed by atoms with E-state index in [9.17, 15) is 14.7 Å². The van der Waals surface area contributed by atoms with Gasteiger partial charge in [-0.1, -0.05) is 25.1 Å². The van der Waals surface area contributed by atoms with Gasteiger partial charge in [0.2, 0.25) is 5.91 Å². The smallest absolute Gasteiger partial charge is 0.320 e. The molecular formula is C19H28N2O4. The van der Waals surface area contributed by atoms with E-state index in [0.29, 0.717) is 6.61 Å². The maximum Gasteiger partial charge on any atom is 0.320 e. The first-order chi connectivity index (χ1) is 12.0. The molecule has 1 aromatic carbocycles. The molecule has 0 aliphatic heterocycles. The van der Waals surface area contributed by atoms with Crippen molar-refractivity contribution in [3.05, 3.63) is 29.8 Å². The average Bonchev–Trinajstić information content (AvgIpc) is 3.43. The highest BCUT2D eigenvalue weighted by Crippen LogP contribution is 2.29. The van der Waals surface area contributed by atoms with E-state index in [1.54, 1.807) is 11.8 Å². The first kappa shape index (κ1) is 19.2. The third-order valence-corrected chi connectivity index (χ3v) is 4.53. The van der Waals surface area contributed by atoms with Gasteiger partial charge in [0, 0.05) is 11.6 Å². The molecule has 138 valence electrons. The molecule has 1 aliphatic carbocycles. The van der Waals surface area contributed by atoms with Gasteiger partial charge in [-0.2, -0.15) is 0 Å². The molecule has 0 bridgehead atoms. The maximum absolute atomic E-state index is 12.5. The van der Waals surface area contributed by atoms with Crippen LogP contribution in [0, 0.1) is 0 Å². The monoisotopic (exact) mass is 348 g/mol. The standard InChI is InChI=1S/C19H28N2O4/c1-4-16(15-8-6-7-9-17(15)25-5-2)20-18(22)12-21(14-10-11-14)13(3)19(23)24/h6-9,13-14,16H,4-5,10-12H2,1-3H3,(H,20,22)(H,23,24). The van der Waals surface area contributed by atoms with Crippen LogP contribution in [0.2, 0.25) is 0 Å². The Morgan fingerprint density at radius 2 is 2.00 bits per heavy atom. The molecule has 1 saturated carbocycles.